The molecule has 0 unspecified atom stereocenters. The van der Waals surface area contributed by atoms with Crippen molar-refractivity contribution < 1.29 is 0 Å². The highest BCUT2D eigenvalue weighted by molar-refractivity contribution is 6.30. The summed E-state index contributed by atoms with van der Waals surface area (Å²) in [4.78, 5) is 7.91. The van der Waals surface area contributed by atoms with Crippen molar-refractivity contribution in [2.45, 2.75) is 17.8 Å². The fourth-order valence-corrected chi connectivity index (χ4v) is 3.09. The van der Waals surface area contributed by atoms with E-state index in [1.807, 2.05) is 48.5 Å². The molecule has 4 rings (SSSR count). The largest absolute Gasteiger partial charge is 0.341 e. The van der Waals surface area contributed by atoms with Crippen LogP contribution in [-0.4, -0.2) is 9.97 Å². The summed E-state index contributed by atoms with van der Waals surface area (Å²) in [5.41, 5.74) is 2.49. The van der Waals surface area contributed by atoms with Gasteiger partial charge in [0.25, 0.3) is 0 Å². The number of para-hydroxylation sites is 2. The zero-order valence-corrected chi connectivity index (χ0v) is 11.9. The van der Waals surface area contributed by atoms with Gasteiger partial charge in [0.2, 0.25) is 0 Å². The number of nitriles is 1. The summed E-state index contributed by atoms with van der Waals surface area (Å²) < 4.78 is 0. The van der Waals surface area contributed by atoms with Crippen molar-refractivity contribution in [2.75, 3.05) is 0 Å². The fourth-order valence-electron chi connectivity index (χ4n) is 2.96. The van der Waals surface area contributed by atoms with Crippen molar-refractivity contribution in [3.8, 4) is 6.07 Å². The van der Waals surface area contributed by atoms with Crippen LogP contribution in [0.3, 0.4) is 0 Å². The van der Waals surface area contributed by atoms with E-state index in [4.69, 9.17) is 11.6 Å². The first kappa shape index (κ1) is 12.4. The molecule has 0 radical (unpaired) electrons. The Morgan fingerprint density at radius 1 is 1.19 bits per heavy atom. The zero-order chi connectivity index (χ0) is 14.4. The monoisotopic (exact) mass is 293 g/mol. The number of hydrogen-bond donors (Lipinski definition) is 1. The quantitative estimate of drug-likeness (QED) is 0.771. The van der Waals surface area contributed by atoms with Gasteiger partial charge < -0.3 is 4.98 Å². The summed E-state index contributed by atoms with van der Waals surface area (Å²) in [5.74, 6) is 0.950. The molecule has 102 valence electrons. The van der Waals surface area contributed by atoms with E-state index in [0.717, 1.165) is 28.8 Å². The first-order valence-electron chi connectivity index (χ1n) is 6.85. The summed E-state index contributed by atoms with van der Waals surface area (Å²) in [6, 6.07) is 18.1. The number of rotatable bonds is 2. The molecule has 0 aliphatic heterocycles. The molecule has 0 saturated heterocycles. The number of aromatic nitrogens is 2. The number of hydrogen-bond acceptors (Lipinski definition) is 2. The normalized spacial score (nSPS) is 23.9. The molecule has 1 N–H and O–H groups in total. The molecule has 0 bridgehead atoms. The Balaban J connectivity index is 1.76. The first-order valence-corrected chi connectivity index (χ1v) is 7.23. The van der Waals surface area contributed by atoms with Crippen molar-refractivity contribution in [3.05, 3.63) is 64.9 Å². The maximum atomic E-state index is 9.69. The zero-order valence-electron chi connectivity index (χ0n) is 11.2. The van der Waals surface area contributed by atoms with E-state index in [1.54, 1.807) is 0 Å². The van der Waals surface area contributed by atoms with Crippen molar-refractivity contribution in [1.82, 2.24) is 9.97 Å². The number of halogens is 1. The summed E-state index contributed by atoms with van der Waals surface area (Å²) >= 11 is 5.93. The molecule has 4 heteroatoms. The highest BCUT2D eigenvalue weighted by atomic mass is 35.5. The third kappa shape index (κ3) is 1.84. The number of nitrogens with zero attached hydrogens (tertiary/aromatic N) is 2. The Labute approximate surface area is 127 Å². The van der Waals surface area contributed by atoms with Gasteiger partial charge in [-0.15, -0.1) is 0 Å². The van der Waals surface area contributed by atoms with Crippen molar-refractivity contribution in [3.63, 3.8) is 0 Å². The van der Waals surface area contributed by atoms with Crippen LogP contribution < -0.4 is 0 Å². The highest BCUT2D eigenvalue weighted by Gasteiger charge is 2.59. The minimum atomic E-state index is -0.535. The Morgan fingerprint density at radius 3 is 2.67 bits per heavy atom. The van der Waals surface area contributed by atoms with Crippen LogP contribution in [0.2, 0.25) is 5.02 Å². The number of benzene rings is 2. The van der Waals surface area contributed by atoms with Crippen molar-refractivity contribution in [2.24, 2.45) is 0 Å². The van der Waals surface area contributed by atoms with Crippen LogP contribution in [0, 0.1) is 11.3 Å². The Bertz CT molecular complexity index is 827. The predicted octanol–water partition coefficient (Wildman–Crippen LogP) is 4.17. The van der Waals surface area contributed by atoms with E-state index in [1.165, 1.54) is 0 Å². The fraction of sp³-hybridized carbons (Fsp3) is 0.176. The van der Waals surface area contributed by atoms with Gasteiger partial charge in [-0.3, -0.25) is 0 Å². The predicted molar refractivity (Wildman–Crippen MR) is 82.2 cm³/mol. The van der Waals surface area contributed by atoms with Gasteiger partial charge in [-0.1, -0.05) is 35.9 Å². The lowest BCUT2D eigenvalue weighted by Crippen LogP contribution is -2.08. The van der Waals surface area contributed by atoms with E-state index >= 15 is 0 Å². The van der Waals surface area contributed by atoms with Crippen LogP contribution >= 0.6 is 11.6 Å². The molecule has 0 spiro atoms. The van der Waals surface area contributed by atoms with Gasteiger partial charge in [-0.2, -0.15) is 5.26 Å². The summed E-state index contributed by atoms with van der Waals surface area (Å²) in [6.07, 6.45) is 0.797. The molecular weight excluding hydrogens is 282 g/mol. The SMILES string of the molecule is N#C[C@]1(c2nc3ccccc3[nH]2)C[C@H]1c1ccc(Cl)cc1. The van der Waals surface area contributed by atoms with Crippen LogP contribution in [0.4, 0.5) is 0 Å². The molecule has 1 heterocycles. The van der Waals surface area contributed by atoms with Gasteiger partial charge >= 0.3 is 0 Å². The number of aromatic amines is 1. The van der Waals surface area contributed by atoms with Gasteiger partial charge in [0, 0.05) is 10.9 Å². The Morgan fingerprint density at radius 2 is 1.95 bits per heavy atom. The van der Waals surface area contributed by atoms with E-state index in [9.17, 15) is 5.26 Å². The molecule has 21 heavy (non-hydrogen) atoms. The molecule has 1 aliphatic carbocycles. The Kier molecular flexibility index (Phi) is 2.57. The minimum absolute atomic E-state index is 0.181. The van der Waals surface area contributed by atoms with Gasteiger partial charge in [-0.05, 0) is 36.2 Å². The third-order valence-electron chi connectivity index (χ3n) is 4.24. The van der Waals surface area contributed by atoms with E-state index in [0.29, 0.717) is 5.02 Å². The molecule has 3 aromatic rings. The maximum absolute atomic E-state index is 9.69. The third-order valence-corrected chi connectivity index (χ3v) is 4.50. The van der Waals surface area contributed by atoms with Crippen LogP contribution in [0.15, 0.2) is 48.5 Å². The van der Waals surface area contributed by atoms with E-state index in [2.05, 4.69) is 16.0 Å². The highest BCUT2D eigenvalue weighted by Crippen LogP contribution is 2.59. The molecule has 3 nitrogen and oxygen atoms in total. The lowest BCUT2D eigenvalue weighted by atomic mass is 10.00. The second-order valence-corrected chi connectivity index (χ2v) is 5.93. The molecule has 2 aromatic carbocycles. The average Bonchev–Trinajstić information content (AvgIpc) is 3.10. The molecule has 1 aliphatic rings. The second kappa shape index (κ2) is 4.34. The van der Waals surface area contributed by atoms with Crippen molar-refractivity contribution >= 4 is 22.6 Å². The Hall–Kier alpha value is -2.31. The molecular formula is C17H12ClN3. The summed E-state index contributed by atoms with van der Waals surface area (Å²) in [5, 5.41) is 10.4. The lowest BCUT2D eigenvalue weighted by Gasteiger charge is -2.05. The van der Waals surface area contributed by atoms with Gasteiger partial charge in [0.05, 0.1) is 17.1 Å². The lowest BCUT2D eigenvalue weighted by molar-refractivity contribution is 0.790. The van der Waals surface area contributed by atoms with E-state index in [-0.39, 0.29) is 5.92 Å². The summed E-state index contributed by atoms with van der Waals surface area (Å²) in [6.45, 7) is 0. The second-order valence-electron chi connectivity index (χ2n) is 5.49. The van der Waals surface area contributed by atoms with Gasteiger partial charge in [-0.25, -0.2) is 4.98 Å². The molecule has 0 amide bonds. The van der Waals surface area contributed by atoms with Gasteiger partial charge in [0.1, 0.15) is 11.2 Å². The number of nitrogens with one attached hydrogen (secondary N) is 1. The standard InChI is InChI=1S/C17H12ClN3/c18-12-7-5-11(6-8-12)13-9-17(13,10-19)16-20-14-3-1-2-4-15(14)21-16/h1-8,13H,9H2,(H,20,21)/t13-,17+/m0/s1. The van der Waals surface area contributed by atoms with Crippen LogP contribution in [-0.2, 0) is 5.41 Å². The molecule has 2 atom stereocenters. The number of imidazole rings is 1. The summed E-state index contributed by atoms with van der Waals surface area (Å²) in [7, 11) is 0. The minimum Gasteiger partial charge on any atom is -0.341 e. The van der Waals surface area contributed by atoms with Gasteiger partial charge in [0.15, 0.2) is 0 Å². The van der Waals surface area contributed by atoms with Crippen LogP contribution in [0.25, 0.3) is 11.0 Å². The van der Waals surface area contributed by atoms with Crippen molar-refractivity contribution in [1.29, 1.82) is 5.26 Å². The first-order chi connectivity index (χ1) is 10.2. The number of fused-ring (bicyclic) bond motifs is 1. The molecule has 1 aromatic heterocycles. The van der Waals surface area contributed by atoms with Crippen LogP contribution in [0.5, 0.6) is 0 Å². The average molecular weight is 294 g/mol. The number of H-pyrrole nitrogens is 1. The molecule has 1 fully saturated rings. The topological polar surface area (TPSA) is 52.5 Å². The smallest absolute Gasteiger partial charge is 0.128 e. The maximum Gasteiger partial charge on any atom is 0.128 e. The van der Waals surface area contributed by atoms with Crippen LogP contribution in [0.1, 0.15) is 23.7 Å². The van der Waals surface area contributed by atoms with E-state index < -0.39 is 5.41 Å². The molecule has 1 saturated carbocycles.